The molecule has 33 heavy (non-hydrogen) atoms. The van der Waals surface area contributed by atoms with Crippen LogP contribution in [-0.2, 0) is 22.4 Å². The number of hydrogen-bond acceptors (Lipinski definition) is 6. The zero-order valence-corrected chi connectivity index (χ0v) is 19.4. The van der Waals surface area contributed by atoms with Crippen LogP contribution in [0.25, 0.3) is 0 Å². The van der Waals surface area contributed by atoms with Gasteiger partial charge in [0.25, 0.3) is 17.7 Å². The number of benzene rings is 1. The number of nitrogens with zero attached hydrogens (tertiary/aromatic N) is 1. The average Bonchev–Trinajstić information content (AvgIpc) is 3.29. The lowest BCUT2D eigenvalue weighted by molar-refractivity contribution is -0.116. The second kappa shape index (κ2) is 10.3. The molecular weight excluding hydrogens is 442 g/mol. The molecular formula is C24H27N3O5S. The third-order valence-electron chi connectivity index (χ3n) is 5.91. The lowest BCUT2D eigenvalue weighted by Crippen LogP contribution is -2.31. The number of carbonyl (C=O) groups is 4. The number of hydrogen-bond donors (Lipinski definition) is 2. The Balaban J connectivity index is 1.38. The highest BCUT2D eigenvalue weighted by atomic mass is 32.1. The first-order chi connectivity index (χ1) is 16.0. The van der Waals surface area contributed by atoms with E-state index in [1.54, 1.807) is 31.4 Å². The normalized spacial score (nSPS) is 14.8. The molecule has 2 heterocycles. The van der Waals surface area contributed by atoms with Crippen molar-refractivity contribution in [2.45, 2.75) is 38.5 Å². The van der Waals surface area contributed by atoms with Crippen LogP contribution in [0.2, 0.25) is 0 Å². The minimum atomic E-state index is -0.322. The summed E-state index contributed by atoms with van der Waals surface area (Å²) in [5.41, 5.74) is 2.39. The molecule has 1 aliphatic carbocycles. The van der Waals surface area contributed by atoms with Crippen LogP contribution in [0.3, 0.4) is 0 Å². The first-order valence-electron chi connectivity index (χ1n) is 11.2. The van der Waals surface area contributed by atoms with Gasteiger partial charge in [0.05, 0.1) is 23.3 Å². The fourth-order valence-corrected chi connectivity index (χ4v) is 5.58. The Hall–Kier alpha value is -3.04. The molecule has 1 aromatic heterocycles. The average molecular weight is 470 g/mol. The van der Waals surface area contributed by atoms with E-state index in [9.17, 15) is 19.2 Å². The highest BCUT2D eigenvalue weighted by Crippen LogP contribution is 2.38. The molecule has 1 aromatic carbocycles. The number of methoxy groups -OCH3 is 1. The summed E-state index contributed by atoms with van der Waals surface area (Å²) in [5.74, 6) is -1.09. The third kappa shape index (κ3) is 4.84. The highest BCUT2D eigenvalue weighted by Gasteiger charge is 2.34. The van der Waals surface area contributed by atoms with Crippen molar-refractivity contribution in [2.75, 3.05) is 32.1 Å². The number of carbonyl (C=O) groups excluding carboxylic acids is 4. The molecule has 2 aromatic rings. The van der Waals surface area contributed by atoms with Gasteiger partial charge in [0.2, 0.25) is 5.91 Å². The van der Waals surface area contributed by atoms with Crippen LogP contribution in [0.1, 0.15) is 67.2 Å². The molecule has 2 N–H and O–H groups in total. The first kappa shape index (κ1) is 23.1. The standard InChI is InChI=1S/C24H27N3O5S/c1-32-14-12-25-21(29)20-17-9-4-5-10-18(17)33-22(20)26-19(28)11-6-13-27-23(30)15-7-2-3-8-16(15)24(27)31/h2-3,7-8H,4-6,9-14H2,1H3,(H,25,29)(H,26,28). The highest BCUT2D eigenvalue weighted by molar-refractivity contribution is 7.17. The van der Waals surface area contributed by atoms with Crippen LogP contribution in [0.4, 0.5) is 5.00 Å². The Morgan fingerprint density at radius 2 is 1.79 bits per heavy atom. The summed E-state index contributed by atoms with van der Waals surface area (Å²) < 4.78 is 5.01. The van der Waals surface area contributed by atoms with Gasteiger partial charge >= 0.3 is 0 Å². The summed E-state index contributed by atoms with van der Waals surface area (Å²) in [7, 11) is 1.58. The molecule has 0 unspecified atom stereocenters. The van der Waals surface area contributed by atoms with Crippen molar-refractivity contribution in [1.29, 1.82) is 0 Å². The van der Waals surface area contributed by atoms with E-state index < -0.39 is 0 Å². The lowest BCUT2D eigenvalue weighted by Gasteiger charge is -2.14. The SMILES string of the molecule is COCCNC(=O)c1c(NC(=O)CCCN2C(=O)c3ccccc3C2=O)sc2c1CCCC2. The van der Waals surface area contributed by atoms with Crippen molar-refractivity contribution in [3.8, 4) is 0 Å². The van der Waals surface area contributed by atoms with Crippen LogP contribution in [-0.4, -0.2) is 55.3 Å². The summed E-state index contributed by atoms with van der Waals surface area (Å²) in [6.45, 7) is 0.982. The van der Waals surface area contributed by atoms with Crippen LogP contribution >= 0.6 is 11.3 Å². The van der Waals surface area contributed by atoms with Gasteiger partial charge in [-0.25, -0.2) is 0 Å². The van der Waals surface area contributed by atoms with E-state index in [2.05, 4.69) is 10.6 Å². The Bertz CT molecular complexity index is 1060. The number of imide groups is 1. The van der Waals surface area contributed by atoms with Crippen LogP contribution < -0.4 is 10.6 Å². The van der Waals surface area contributed by atoms with Gasteiger partial charge < -0.3 is 15.4 Å². The molecule has 0 saturated carbocycles. The summed E-state index contributed by atoms with van der Waals surface area (Å²) >= 11 is 1.47. The van der Waals surface area contributed by atoms with E-state index in [1.807, 2.05) is 0 Å². The van der Waals surface area contributed by atoms with Gasteiger partial charge in [0.15, 0.2) is 0 Å². The maximum atomic E-state index is 12.8. The zero-order valence-electron chi connectivity index (χ0n) is 18.6. The van der Waals surface area contributed by atoms with Crippen LogP contribution in [0.5, 0.6) is 0 Å². The number of anilines is 1. The molecule has 0 saturated heterocycles. The predicted molar refractivity (Wildman–Crippen MR) is 125 cm³/mol. The number of nitrogens with one attached hydrogen (secondary N) is 2. The van der Waals surface area contributed by atoms with E-state index in [0.29, 0.717) is 41.3 Å². The summed E-state index contributed by atoms with van der Waals surface area (Å²) in [6, 6.07) is 6.73. The molecule has 1 aliphatic heterocycles. The van der Waals surface area contributed by atoms with Gasteiger partial charge in [-0.3, -0.25) is 24.1 Å². The van der Waals surface area contributed by atoms with E-state index in [4.69, 9.17) is 4.74 Å². The zero-order chi connectivity index (χ0) is 23.4. The van der Waals surface area contributed by atoms with E-state index >= 15 is 0 Å². The third-order valence-corrected chi connectivity index (χ3v) is 7.11. The number of aryl methyl sites for hydroxylation is 1. The minimum Gasteiger partial charge on any atom is -0.383 e. The van der Waals surface area contributed by atoms with Crippen molar-refractivity contribution in [2.24, 2.45) is 0 Å². The second-order valence-electron chi connectivity index (χ2n) is 8.12. The van der Waals surface area contributed by atoms with Gasteiger partial charge in [0.1, 0.15) is 5.00 Å². The van der Waals surface area contributed by atoms with Crippen molar-refractivity contribution in [3.05, 3.63) is 51.4 Å². The topological polar surface area (TPSA) is 105 Å². The quantitative estimate of drug-likeness (QED) is 0.434. The van der Waals surface area contributed by atoms with Gasteiger partial charge in [-0.05, 0) is 49.8 Å². The monoisotopic (exact) mass is 469 g/mol. The maximum Gasteiger partial charge on any atom is 0.261 e. The smallest absolute Gasteiger partial charge is 0.261 e. The van der Waals surface area contributed by atoms with Gasteiger partial charge in [0, 0.05) is 31.5 Å². The number of ether oxygens (including phenoxy) is 1. The van der Waals surface area contributed by atoms with Gasteiger partial charge in [-0.15, -0.1) is 11.3 Å². The van der Waals surface area contributed by atoms with Crippen molar-refractivity contribution >= 4 is 40.0 Å². The Labute approximate surface area is 196 Å². The predicted octanol–water partition coefficient (Wildman–Crippen LogP) is 3.02. The molecule has 0 fully saturated rings. The Morgan fingerprint density at radius 1 is 1.09 bits per heavy atom. The molecule has 9 heteroatoms. The van der Waals surface area contributed by atoms with Crippen molar-refractivity contribution in [1.82, 2.24) is 10.2 Å². The fraction of sp³-hybridized carbons (Fsp3) is 0.417. The summed E-state index contributed by atoms with van der Waals surface area (Å²) in [6.07, 6.45) is 4.32. The maximum absolute atomic E-state index is 12.8. The molecule has 0 bridgehead atoms. The Morgan fingerprint density at radius 3 is 2.48 bits per heavy atom. The lowest BCUT2D eigenvalue weighted by atomic mass is 9.95. The van der Waals surface area contributed by atoms with Crippen molar-refractivity contribution in [3.63, 3.8) is 0 Å². The molecule has 0 spiro atoms. The van der Waals surface area contributed by atoms with E-state index in [1.165, 1.54) is 16.2 Å². The molecule has 4 amide bonds. The van der Waals surface area contributed by atoms with E-state index in [0.717, 1.165) is 36.1 Å². The molecule has 0 atom stereocenters. The summed E-state index contributed by atoms with van der Waals surface area (Å²) in [4.78, 5) is 52.8. The number of amides is 4. The van der Waals surface area contributed by atoms with Gasteiger partial charge in [-0.2, -0.15) is 0 Å². The summed E-state index contributed by atoms with van der Waals surface area (Å²) in [5, 5.41) is 6.33. The number of rotatable bonds is 9. The second-order valence-corrected chi connectivity index (χ2v) is 9.23. The largest absolute Gasteiger partial charge is 0.383 e. The fourth-order valence-electron chi connectivity index (χ4n) is 4.28. The molecule has 0 radical (unpaired) electrons. The minimum absolute atomic E-state index is 0.140. The van der Waals surface area contributed by atoms with Crippen molar-refractivity contribution < 1.29 is 23.9 Å². The molecule has 8 nitrogen and oxygen atoms in total. The number of thiophene rings is 1. The first-order valence-corrected chi connectivity index (χ1v) is 12.0. The van der Waals surface area contributed by atoms with Crippen LogP contribution in [0.15, 0.2) is 24.3 Å². The molecule has 2 aliphatic rings. The Kier molecular flexibility index (Phi) is 7.20. The number of fused-ring (bicyclic) bond motifs is 2. The van der Waals surface area contributed by atoms with Crippen LogP contribution in [0, 0.1) is 0 Å². The molecule has 174 valence electrons. The van der Waals surface area contributed by atoms with E-state index in [-0.39, 0.29) is 36.6 Å². The molecule has 4 rings (SSSR count). The van der Waals surface area contributed by atoms with Gasteiger partial charge in [-0.1, -0.05) is 12.1 Å².